The van der Waals surface area contributed by atoms with E-state index in [0.29, 0.717) is 0 Å². The molecule has 3 nitrogen and oxygen atoms in total. The first-order valence-electron chi connectivity index (χ1n) is 4.33. The Kier molecular flexibility index (Phi) is 4.12. The quantitative estimate of drug-likeness (QED) is 0.643. The SMILES string of the molecule is CN(C)CCN=Cc1cccnc1. The molecule has 0 N–H and O–H groups in total. The molecule has 70 valence electrons. The van der Waals surface area contributed by atoms with Crippen LogP contribution in [0.1, 0.15) is 5.56 Å². The number of nitrogens with zero attached hydrogens (tertiary/aromatic N) is 3. The number of hydrogen-bond acceptors (Lipinski definition) is 3. The lowest BCUT2D eigenvalue weighted by Gasteiger charge is -2.05. The normalized spacial score (nSPS) is 11.3. The molecule has 0 saturated heterocycles. The van der Waals surface area contributed by atoms with Crippen molar-refractivity contribution in [2.45, 2.75) is 0 Å². The fourth-order valence-corrected chi connectivity index (χ4v) is 0.880. The summed E-state index contributed by atoms with van der Waals surface area (Å²) in [7, 11) is 4.08. The fourth-order valence-electron chi connectivity index (χ4n) is 0.880. The number of aromatic nitrogens is 1. The first-order chi connectivity index (χ1) is 6.29. The van der Waals surface area contributed by atoms with Crippen LogP contribution in [0.25, 0.3) is 0 Å². The second-order valence-electron chi connectivity index (χ2n) is 3.12. The molecule has 0 saturated carbocycles. The lowest BCUT2D eigenvalue weighted by atomic mass is 10.3. The predicted molar refractivity (Wildman–Crippen MR) is 55.3 cm³/mol. The zero-order valence-electron chi connectivity index (χ0n) is 8.14. The van der Waals surface area contributed by atoms with Crippen LogP contribution in [0.4, 0.5) is 0 Å². The highest BCUT2D eigenvalue weighted by molar-refractivity contribution is 5.78. The van der Waals surface area contributed by atoms with E-state index in [9.17, 15) is 0 Å². The number of rotatable bonds is 4. The summed E-state index contributed by atoms with van der Waals surface area (Å²) >= 11 is 0. The highest BCUT2D eigenvalue weighted by Crippen LogP contribution is 1.90. The first-order valence-corrected chi connectivity index (χ1v) is 4.33. The first kappa shape index (κ1) is 9.86. The molecule has 0 amide bonds. The molecular formula is C10H15N3. The van der Waals surface area contributed by atoms with E-state index < -0.39 is 0 Å². The largest absolute Gasteiger partial charge is 0.308 e. The van der Waals surface area contributed by atoms with E-state index >= 15 is 0 Å². The van der Waals surface area contributed by atoms with Gasteiger partial charge in [0.15, 0.2) is 0 Å². The van der Waals surface area contributed by atoms with E-state index in [1.54, 1.807) is 12.4 Å². The van der Waals surface area contributed by atoms with Gasteiger partial charge in [0.2, 0.25) is 0 Å². The van der Waals surface area contributed by atoms with Gasteiger partial charge in [0, 0.05) is 30.7 Å². The lowest BCUT2D eigenvalue weighted by molar-refractivity contribution is 0.421. The van der Waals surface area contributed by atoms with Crippen molar-refractivity contribution in [3.05, 3.63) is 30.1 Å². The Morgan fingerprint density at radius 3 is 3.00 bits per heavy atom. The minimum atomic E-state index is 0.835. The number of aliphatic imine (C=N–C) groups is 1. The Hall–Kier alpha value is -1.22. The topological polar surface area (TPSA) is 28.5 Å². The Morgan fingerprint density at radius 2 is 2.38 bits per heavy atom. The summed E-state index contributed by atoms with van der Waals surface area (Å²) in [4.78, 5) is 10.4. The summed E-state index contributed by atoms with van der Waals surface area (Å²) in [6.07, 6.45) is 5.42. The van der Waals surface area contributed by atoms with Crippen molar-refractivity contribution in [3.8, 4) is 0 Å². The summed E-state index contributed by atoms with van der Waals surface area (Å²) in [6, 6.07) is 3.90. The summed E-state index contributed by atoms with van der Waals surface area (Å²) in [5, 5.41) is 0. The maximum Gasteiger partial charge on any atom is 0.0516 e. The van der Waals surface area contributed by atoms with E-state index in [2.05, 4.69) is 14.9 Å². The van der Waals surface area contributed by atoms with Crippen LogP contribution < -0.4 is 0 Å². The van der Waals surface area contributed by atoms with Gasteiger partial charge in [0.05, 0.1) is 6.54 Å². The second kappa shape index (κ2) is 5.43. The van der Waals surface area contributed by atoms with Gasteiger partial charge in [0.1, 0.15) is 0 Å². The van der Waals surface area contributed by atoms with Crippen LogP contribution >= 0.6 is 0 Å². The zero-order chi connectivity index (χ0) is 9.52. The molecule has 3 heteroatoms. The van der Waals surface area contributed by atoms with Crippen LogP contribution in [-0.2, 0) is 0 Å². The molecule has 0 radical (unpaired) electrons. The average molecular weight is 177 g/mol. The molecule has 0 bridgehead atoms. The van der Waals surface area contributed by atoms with E-state index in [-0.39, 0.29) is 0 Å². The van der Waals surface area contributed by atoms with Crippen LogP contribution in [0.2, 0.25) is 0 Å². The summed E-state index contributed by atoms with van der Waals surface area (Å²) in [6.45, 7) is 1.82. The highest BCUT2D eigenvalue weighted by atomic mass is 15.1. The third kappa shape index (κ3) is 4.38. The van der Waals surface area contributed by atoms with Gasteiger partial charge in [-0.15, -0.1) is 0 Å². The van der Waals surface area contributed by atoms with Crippen molar-refractivity contribution in [1.82, 2.24) is 9.88 Å². The van der Waals surface area contributed by atoms with Gasteiger partial charge in [-0.05, 0) is 20.2 Å². The molecule has 0 aromatic carbocycles. The molecule has 0 spiro atoms. The number of pyridine rings is 1. The molecule has 0 atom stereocenters. The molecule has 1 aromatic rings. The van der Waals surface area contributed by atoms with E-state index in [4.69, 9.17) is 0 Å². The van der Waals surface area contributed by atoms with Crippen LogP contribution in [-0.4, -0.2) is 43.3 Å². The molecule has 13 heavy (non-hydrogen) atoms. The maximum absolute atomic E-state index is 4.28. The molecule has 0 unspecified atom stereocenters. The van der Waals surface area contributed by atoms with Crippen molar-refractivity contribution in [3.63, 3.8) is 0 Å². The predicted octanol–water partition coefficient (Wildman–Crippen LogP) is 1.06. The van der Waals surface area contributed by atoms with Crippen molar-refractivity contribution in [1.29, 1.82) is 0 Å². The van der Waals surface area contributed by atoms with Crippen molar-refractivity contribution >= 4 is 6.21 Å². The van der Waals surface area contributed by atoms with E-state index in [1.807, 2.05) is 32.4 Å². The fraction of sp³-hybridized carbons (Fsp3) is 0.400. The van der Waals surface area contributed by atoms with Crippen LogP contribution in [0.15, 0.2) is 29.5 Å². The zero-order valence-corrected chi connectivity index (χ0v) is 8.14. The van der Waals surface area contributed by atoms with Gasteiger partial charge in [-0.1, -0.05) is 6.07 Å². The van der Waals surface area contributed by atoms with Gasteiger partial charge in [-0.3, -0.25) is 9.98 Å². The Morgan fingerprint density at radius 1 is 1.54 bits per heavy atom. The molecule has 0 aliphatic carbocycles. The van der Waals surface area contributed by atoms with Crippen molar-refractivity contribution < 1.29 is 0 Å². The summed E-state index contributed by atoms with van der Waals surface area (Å²) in [5.41, 5.74) is 1.06. The minimum absolute atomic E-state index is 0.835. The van der Waals surface area contributed by atoms with Gasteiger partial charge in [-0.25, -0.2) is 0 Å². The van der Waals surface area contributed by atoms with Gasteiger partial charge < -0.3 is 4.90 Å². The number of hydrogen-bond donors (Lipinski definition) is 0. The monoisotopic (exact) mass is 177 g/mol. The van der Waals surface area contributed by atoms with E-state index in [0.717, 1.165) is 18.7 Å². The van der Waals surface area contributed by atoms with Gasteiger partial charge in [0.25, 0.3) is 0 Å². The average Bonchev–Trinajstić information content (AvgIpc) is 2.14. The van der Waals surface area contributed by atoms with Crippen molar-refractivity contribution in [2.24, 2.45) is 4.99 Å². The maximum atomic E-state index is 4.28. The third-order valence-electron chi connectivity index (χ3n) is 1.60. The summed E-state index contributed by atoms with van der Waals surface area (Å²) < 4.78 is 0. The molecule has 0 fully saturated rings. The third-order valence-corrected chi connectivity index (χ3v) is 1.60. The molecule has 1 aromatic heterocycles. The van der Waals surface area contributed by atoms with Crippen LogP contribution in [0.5, 0.6) is 0 Å². The molecular weight excluding hydrogens is 162 g/mol. The Balaban J connectivity index is 2.33. The lowest BCUT2D eigenvalue weighted by Crippen LogP contribution is -2.15. The van der Waals surface area contributed by atoms with E-state index in [1.165, 1.54) is 0 Å². The molecule has 0 aliphatic rings. The standard InChI is InChI=1S/C10H15N3/c1-13(2)7-6-12-9-10-4-3-5-11-8-10/h3-5,8-9H,6-7H2,1-2H3. The molecule has 1 heterocycles. The van der Waals surface area contributed by atoms with Crippen molar-refractivity contribution in [2.75, 3.05) is 27.2 Å². The summed E-state index contributed by atoms with van der Waals surface area (Å²) in [5.74, 6) is 0. The molecule has 1 rings (SSSR count). The van der Waals surface area contributed by atoms with Crippen LogP contribution in [0.3, 0.4) is 0 Å². The smallest absolute Gasteiger partial charge is 0.0516 e. The minimum Gasteiger partial charge on any atom is -0.308 e. The van der Waals surface area contributed by atoms with Gasteiger partial charge >= 0.3 is 0 Å². The van der Waals surface area contributed by atoms with Gasteiger partial charge in [-0.2, -0.15) is 0 Å². The highest BCUT2D eigenvalue weighted by Gasteiger charge is 1.86. The molecule has 0 aliphatic heterocycles. The number of likely N-dealkylation sites (N-methyl/N-ethyl adjacent to an activating group) is 1. The van der Waals surface area contributed by atoms with Crippen LogP contribution in [0, 0.1) is 0 Å². The Labute approximate surface area is 79.1 Å². The second-order valence-corrected chi connectivity index (χ2v) is 3.12. The Bertz CT molecular complexity index is 254.